The fourth-order valence-corrected chi connectivity index (χ4v) is 11.1. The van der Waals surface area contributed by atoms with Gasteiger partial charge in [-0.05, 0) is 45.3 Å². The summed E-state index contributed by atoms with van der Waals surface area (Å²) in [6, 6.07) is 0.360. The fourth-order valence-electron chi connectivity index (χ4n) is 10.7. The summed E-state index contributed by atoms with van der Waals surface area (Å²) in [7, 11) is 1.40. The van der Waals surface area contributed by atoms with Gasteiger partial charge in [0.25, 0.3) is 11.7 Å². The van der Waals surface area contributed by atoms with Crippen LogP contribution in [-0.2, 0) is 23.8 Å². The molecule has 5 bridgehead atoms. The van der Waals surface area contributed by atoms with Crippen molar-refractivity contribution in [3.63, 3.8) is 0 Å². The molecule has 1 saturated heterocycles. The van der Waals surface area contributed by atoms with Crippen LogP contribution in [0.15, 0.2) is 58.3 Å². The van der Waals surface area contributed by atoms with Crippen LogP contribution < -0.4 is 25.8 Å². The molecule has 10 atom stereocenters. The van der Waals surface area contributed by atoms with Gasteiger partial charge < -0.3 is 69.8 Å². The van der Waals surface area contributed by atoms with E-state index in [0.29, 0.717) is 19.3 Å². The van der Waals surface area contributed by atoms with E-state index in [4.69, 9.17) is 30.5 Å². The number of aromatic carboxylic acids is 1. The van der Waals surface area contributed by atoms with Gasteiger partial charge in [0, 0.05) is 86.5 Å². The van der Waals surface area contributed by atoms with Crippen molar-refractivity contribution in [1.82, 2.24) is 9.99 Å². The number of carboxylic acid groups (broad SMARTS) is 1. The molecule has 9 rings (SSSR count). The minimum atomic E-state index is -2.15. The SMILES string of the molecule is CO[C@H]1/C=C/O[C@@]2(C)Oc3c(C)c(O)c4c(O)c(c(/C=N/NC5CCN(c6c(F)cc7c(=O)c(C(=O)O)cn(C8CC8)c7c6Cl)C5)c(O)c4c3C2=O)NC(=O)/C(C)=C\C=C\[C@H](C)[C@H](O)[C@@H](C)[C@@H](O)[C@@H](C)[C@H](OC(C)=O)[C@@H]1C. The van der Waals surface area contributed by atoms with Crippen LogP contribution in [0.25, 0.3) is 21.7 Å². The van der Waals surface area contributed by atoms with E-state index in [0.717, 1.165) is 18.5 Å². The molecule has 0 spiro atoms. The predicted molar refractivity (Wildman–Crippen MR) is 284 cm³/mol. The summed E-state index contributed by atoms with van der Waals surface area (Å²) in [5.41, 5.74) is 0.832. The van der Waals surface area contributed by atoms with E-state index >= 15 is 4.39 Å². The number of hydrogen-bond donors (Lipinski definition) is 8. The Kier molecular flexibility index (Phi) is 15.8. The maximum atomic E-state index is 16.1. The van der Waals surface area contributed by atoms with Crippen LogP contribution in [0.5, 0.6) is 23.0 Å². The number of halogens is 2. The van der Waals surface area contributed by atoms with Gasteiger partial charge in [-0.25, -0.2) is 9.18 Å². The van der Waals surface area contributed by atoms with Gasteiger partial charge in [-0.15, -0.1) is 0 Å². The maximum absolute atomic E-state index is 16.1. The first-order valence-corrected chi connectivity index (χ1v) is 25.6. The predicted octanol–water partition coefficient (Wildman–Crippen LogP) is 7.10. The molecule has 2 fully saturated rings. The number of nitrogens with zero attached hydrogens (tertiary/aromatic N) is 3. The molecule has 4 aliphatic heterocycles. The van der Waals surface area contributed by atoms with Crippen molar-refractivity contribution >= 4 is 74.5 Å². The molecule has 22 heteroatoms. The minimum Gasteiger partial charge on any atom is -0.507 e. The molecule has 4 aromatic rings. The number of benzene rings is 3. The van der Waals surface area contributed by atoms with Crippen molar-refractivity contribution in [2.45, 2.75) is 117 Å². The minimum absolute atomic E-state index is 0.00392. The van der Waals surface area contributed by atoms with Crippen LogP contribution in [0.2, 0.25) is 5.02 Å². The number of fused-ring (bicyclic) bond motifs is 15. The number of rotatable bonds is 8. The molecule has 1 amide bonds. The Labute approximate surface area is 447 Å². The number of carboxylic acids is 1. The standard InChI is InChI=1S/C55H63ClFN5O15/c1-23-11-10-12-24(2)53(71)59-41-33(20-58-60-30-15-17-61(21-30)43-35(57)19-32-42(40(43)56)62(31-13-14-31)22-34(47(32)67)54(72)73)48(68)37-38(49(41)69)46(66)28(6)51-39(37)52(70)55(8,77-51)75-18-16-36(74-9)25(3)50(76-29(7)63)27(5)45(65)26(4)44(23)64/h10-12,16,18-20,22-23,25-27,30-31,36,44-45,50,60,64-66,68-69H,13-15,17,21H2,1-9H3,(H,59,71)(H,72,73)/b11-10+,18-16+,24-12-,58-20+/t23-,25+,26+,27+,30?,36-,44-,45+,50+,55-/m0/s1. The quantitative estimate of drug-likeness (QED) is 0.0287. The lowest BCUT2D eigenvalue weighted by Crippen LogP contribution is -2.46. The third-order valence-corrected chi connectivity index (χ3v) is 15.7. The Morgan fingerprint density at radius 2 is 1.69 bits per heavy atom. The lowest BCUT2D eigenvalue weighted by atomic mass is 9.78. The van der Waals surface area contributed by atoms with Gasteiger partial charge >= 0.3 is 17.7 Å². The van der Waals surface area contributed by atoms with Crippen molar-refractivity contribution in [2.75, 3.05) is 30.4 Å². The topological polar surface area (TPSA) is 288 Å². The van der Waals surface area contributed by atoms with Crippen molar-refractivity contribution < 1.29 is 73.2 Å². The van der Waals surface area contributed by atoms with Crippen LogP contribution in [0, 0.1) is 36.4 Å². The van der Waals surface area contributed by atoms with E-state index in [1.54, 1.807) is 43.2 Å². The Balaban J connectivity index is 1.19. The normalized spacial score (nSPS) is 28.8. The number of carbonyl (C=O) groups excluding carboxylic acids is 3. The number of amides is 1. The molecule has 5 heterocycles. The van der Waals surface area contributed by atoms with E-state index in [9.17, 15) is 54.6 Å². The number of nitrogens with one attached hydrogen (secondary N) is 2. The summed E-state index contributed by atoms with van der Waals surface area (Å²) in [6.07, 6.45) is 7.18. The van der Waals surface area contributed by atoms with Gasteiger partial charge in [0.1, 0.15) is 34.7 Å². The smallest absolute Gasteiger partial charge is 0.341 e. The summed E-state index contributed by atoms with van der Waals surface area (Å²) < 4.78 is 41.4. The highest BCUT2D eigenvalue weighted by molar-refractivity contribution is 6.38. The second-order valence-electron chi connectivity index (χ2n) is 20.7. The highest BCUT2D eigenvalue weighted by Gasteiger charge is 2.50. The number of methoxy groups -OCH3 is 1. The third-order valence-electron chi connectivity index (χ3n) is 15.3. The average molecular weight is 1090 g/mol. The number of Topliss-reactive ketones (excluding diaryl/α,β-unsaturated/α-hetero) is 1. The Morgan fingerprint density at radius 1 is 0.987 bits per heavy atom. The summed E-state index contributed by atoms with van der Waals surface area (Å²) in [5.74, 6) is -11.7. The van der Waals surface area contributed by atoms with Crippen LogP contribution >= 0.6 is 11.6 Å². The first kappa shape index (κ1) is 56.0. The zero-order valence-electron chi connectivity index (χ0n) is 43.9. The van der Waals surface area contributed by atoms with Crippen LogP contribution in [-0.4, -0.2) is 121 Å². The van der Waals surface area contributed by atoms with Crippen molar-refractivity contribution in [2.24, 2.45) is 28.8 Å². The number of hydrogen-bond acceptors (Lipinski definition) is 17. The van der Waals surface area contributed by atoms with Gasteiger partial charge in [0.2, 0.25) is 5.43 Å². The Morgan fingerprint density at radius 3 is 2.34 bits per heavy atom. The third kappa shape index (κ3) is 10.3. The number of esters is 1. The number of allylic oxidation sites excluding steroid dienone is 2. The number of ether oxygens (including phenoxy) is 4. The van der Waals surface area contributed by atoms with Crippen molar-refractivity contribution in [3.05, 3.63) is 91.7 Å². The first-order valence-electron chi connectivity index (χ1n) is 25.2. The van der Waals surface area contributed by atoms with Crippen LogP contribution in [0.1, 0.15) is 106 Å². The Bertz CT molecular complexity index is 3280. The second-order valence-corrected chi connectivity index (χ2v) is 21.0. The molecule has 3 aromatic carbocycles. The van der Waals surface area contributed by atoms with Gasteiger partial charge in [-0.2, -0.15) is 5.10 Å². The molecule has 1 aliphatic carbocycles. The summed E-state index contributed by atoms with van der Waals surface area (Å²) in [4.78, 5) is 67.9. The molecule has 8 N–H and O–H groups in total. The molecule has 1 saturated carbocycles. The number of pyridine rings is 1. The highest BCUT2D eigenvalue weighted by Crippen LogP contribution is 2.55. The Hall–Kier alpha value is -7.20. The van der Waals surface area contributed by atoms with E-state index < -0.39 is 129 Å². The fraction of sp³-hybridized carbons (Fsp3) is 0.455. The largest absolute Gasteiger partial charge is 0.507 e. The molecule has 0 radical (unpaired) electrons. The number of aliphatic hydroxyl groups is 2. The number of aliphatic hydroxyl groups excluding tert-OH is 2. The summed E-state index contributed by atoms with van der Waals surface area (Å²) in [5, 5.41) is 75.0. The van der Waals surface area contributed by atoms with Gasteiger partial charge in [0.15, 0.2) is 5.75 Å². The number of phenols is 3. The molecular weight excluding hydrogens is 1030 g/mol. The highest BCUT2D eigenvalue weighted by atomic mass is 35.5. The number of aromatic hydroxyl groups is 3. The molecule has 412 valence electrons. The second kappa shape index (κ2) is 21.7. The number of hydrazone groups is 1. The number of ketones is 1. The lowest BCUT2D eigenvalue weighted by molar-refractivity contribution is -0.160. The number of aromatic nitrogens is 1. The zero-order valence-corrected chi connectivity index (χ0v) is 44.6. The van der Waals surface area contributed by atoms with Crippen molar-refractivity contribution in [1.29, 1.82) is 0 Å². The van der Waals surface area contributed by atoms with E-state index in [1.807, 2.05) is 0 Å². The van der Waals surface area contributed by atoms with Gasteiger partial charge in [0.05, 0.1) is 80.6 Å². The molecule has 5 aliphatic rings. The number of phenolic OH excluding ortho intramolecular Hbond substituents is 3. The van der Waals surface area contributed by atoms with Crippen molar-refractivity contribution in [3.8, 4) is 23.0 Å². The van der Waals surface area contributed by atoms with Crippen LogP contribution in [0.3, 0.4) is 0 Å². The van der Waals surface area contributed by atoms with E-state index in [1.165, 1.54) is 59.2 Å². The molecule has 1 aromatic heterocycles. The number of carbonyl (C=O) groups is 4. The van der Waals surface area contributed by atoms with Crippen LogP contribution in [0.4, 0.5) is 15.8 Å². The molecule has 20 nitrogen and oxygen atoms in total. The summed E-state index contributed by atoms with van der Waals surface area (Å²) >= 11 is 6.91. The maximum Gasteiger partial charge on any atom is 0.341 e. The lowest BCUT2D eigenvalue weighted by Gasteiger charge is -2.38. The number of anilines is 2. The van der Waals surface area contributed by atoms with E-state index in [-0.39, 0.29) is 74.1 Å². The molecular formula is C55H63ClFN5O15. The molecule has 77 heavy (non-hydrogen) atoms. The zero-order chi connectivity index (χ0) is 56.3. The first-order chi connectivity index (χ1) is 36.3. The van der Waals surface area contributed by atoms with E-state index in [2.05, 4.69) is 15.8 Å². The monoisotopic (exact) mass is 1090 g/mol. The van der Waals surface area contributed by atoms with Gasteiger partial charge in [-0.3, -0.25) is 19.2 Å². The van der Waals surface area contributed by atoms with Gasteiger partial charge in [-0.1, -0.05) is 57.5 Å². The molecule has 1 unspecified atom stereocenters. The average Bonchev–Trinajstić information content (AvgIpc) is 4.19. The summed E-state index contributed by atoms with van der Waals surface area (Å²) in [6.45, 7) is 12.6.